The molecule has 0 amide bonds. The molecule has 4 aromatic rings. The van der Waals surface area contributed by atoms with Crippen LogP contribution in [0.1, 0.15) is 80.5 Å². The highest BCUT2D eigenvalue weighted by atomic mass is 32.2. The van der Waals surface area contributed by atoms with Gasteiger partial charge < -0.3 is 14.7 Å². The lowest BCUT2D eigenvalue weighted by atomic mass is 9.68. The molecule has 1 N–H and O–H groups in total. The van der Waals surface area contributed by atoms with E-state index in [1.54, 1.807) is 6.07 Å². The first-order valence-corrected chi connectivity index (χ1v) is 18.3. The van der Waals surface area contributed by atoms with Crippen molar-refractivity contribution in [3.8, 4) is 5.75 Å². The van der Waals surface area contributed by atoms with Gasteiger partial charge in [0.05, 0.1) is 16.8 Å². The summed E-state index contributed by atoms with van der Waals surface area (Å²) in [6.45, 7) is 5.50. The Morgan fingerprint density at radius 2 is 1.50 bits per heavy atom. The third-order valence-corrected chi connectivity index (χ3v) is 11.5. The lowest BCUT2D eigenvalue weighted by Gasteiger charge is -2.40. The van der Waals surface area contributed by atoms with Gasteiger partial charge in [0.15, 0.2) is 28.8 Å². The number of aliphatic hydroxyl groups excluding tert-OH is 1. The first kappa shape index (κ1) is 33.7. The van der Waals surface area contributed by atoms with E-state index in [0.717, 1.165) is 54.8 Å². The van der Waals surface area contributed by atoms with Crippen LogP contribution in [-0.2, 0) is 23.0 Å². The minimum absolute atomic E-state index is 0.0317. The number of hydrogen-bond donors (Lipinski definition) is 1. The van der Waals surface area contributed by atoms with Crippen molar-refractivity contribution in [2.24, 2.45) is 5.41 Å². The fourth-order valence-corrected chi connectivity index (χ4v) is 9.01. The summed E-state index contributed by atoms with van der Waals surface area (Å²) in [7, 11) is 0.267. The van der Waals surface area contributed by atoms with Crippen molar-refractivity contribution in [2.45, 2.75) is 82.4 Å². The molecule has 0 radical (unpaired) electrons. The second-order valence-corrected chi connectivity index (χ2v) is 15.0. The van der Waals surface area contributed by atoms with Crippen LogP contribution < -0.4 is 14.2 Å². The number of unbranched alkanes of at least 4 members (excludes halogenated alkanes) is 2. The van der Waals surface area contributed by atoms with Gasteiger partial charge in [-0.05, 0) is 59.9 Å². The highest BCUT2D eigenvalue weighted by Crippen LogP contribution is 2.50. The molecular formula is C39H49N2O4S+. The van der Waals surface area contributed by atoms with E-state index in [0.29, 0.717) is 29.9 Å². The van der Waals surface area contributed by atoms with E-state index < -0.39 is 27.3 Å². The molecule has 0 saturated heterocycles. The summed E-state index contributed by atoms with van der Waals surface area (Å²) in [5, 5.41) is 12.4. The molecule has 1 aromatic heterocycles. The molecule has 46 heavy (non-hydrogen) atoms. The summed E-state index contributed by atoms with van der Waals surface area (Å²) < 4.78 is 36.5. The molecule has 3 aromatic carbocycles. The standard InChI is InChI=1S/C39H49N2O4S/c1-5-7-22-39(23-8-6-2)29-46(43,44)36-21-18-33(40(3)4)26-35(36)37(38(39)42)32-16-19-34(20-17-32)45-28-31-14-12-30(13-15-31)27-41-24-10-9-11-25-41/h9-21,24-26,37-38,42H,5-8,22-23,27-29H2,1-4H3/q+1/t37-,38?/m1/s1. The summed E-state index contributed by atoms with van der Waals surface area (Å²) in [6.07, 6.45) is 8.28. The lowest BCUT2D eigenvalue weighted by Crippen LogP contribution is -2.43. The number of pyridine rings is 1. The number of nitrogens with zero attached hydrogens (tertiary/aromatic N) is 2. The van der Waals surface area contributed by atoms with Gasteiger partial charge in [0.2, 0.25) is 0 Å². The van der Waals surface area contributed by atoms with Crippen LogP contribution in [0, 0.1) is 5.41 Å². The molecule has 0 spiro atoms. The number of fused-ring (bicyclic) bond motifs is 1. The van der Waals surface area contributed by atoms with Crippen molar-refractivity contribution in [3.63, 3.8) is 0 Å². The highest BCUT2D eigenvalue weighted by Gasteiger charge is 2.49. The third-order valence-electron chi connectivity index (χ3n) is 9.47. The average molecular weight is 642 g/mol. The third kappa shape index (κ3) is 7.64. The number of ether oxygens (including phenoxy) is 1. The minimum atomic E-state index is -3.64. The zero-order valence-electron chi connectivity index (χ0n) is 27.7. The Hall–Kier alpha value is -3.68. The Morgan fingerprint density at radius 3 is 2.11 bits per heavy atom. The van der Waals surface area contributed by atoms with E-state index in [-0.39, 0.29) is 5.75 Å². The van der Waals surface area contributed by atoms with Gasteiger partial charge in [0.25, 0.3) is 0 Å². The molecule has 6 nitrogen and oxygen atoms in total. The van der Waals surface area contributed by atoms with Gasteiger partial charge in [-0.3, -0.25) is 0 Å². The van der Waals surface area contributed by atoms with Crippen molar-refractivity contribution in [1.82, 2.24) is 0 Å². The van der Waals surface area contributed by atoms with Crippen molar-refractivity contribution in [1.29, 1.82) is 0 Å². The normalized spacial score (nSPS) is 18.4. The van der Waals surface area contributed by atoms with E-state index in [2.05, 4.69) is 55.1 Å². The zero-order chi connectivity index (χ0) is 32.7. The van der Waals surface area contributed by atoms with E-state index in [1.807, 2.05) is 73.6 Å². The second kappa shape index (κ2) is 14.8. The Balaban J connectivity index is 1.43. The Morgan fingerprint density at radius 1 is 0.870 bits per heavy atom. The van der Waals surface area contributed by atoms with E-state index in [1.165, 1.54) is 5.56 Å². The molecular weight excluding hydrogens is 593 g/mol. The van der Waals surface area contributed by atoms with E-state index >= 15 is 0 Å². The number of benzene rings is 3. The number of sulfone groups is 1. The van der Waals surface area contributed by atoms with Gasteiger partial charge in [0.1, 0.15) is 12.4 Å². The van der Waals surface area contributed by atoms with Crippen LogP contribution in [0.2, 0.25) is 0 Å². The number of anilines is 1. The first-order chi connectivity index (χ1) is 22.2. The van der Waals surface area contributed by atoms with Crippen LogP contribution in [0.4, 0.5) is 5.69 Å². The quantitative estimate of drug-likeness (QED) is 0.155. The van der Waals surface area contributed by atoms with Crippen LogP contribution in [0.15, 0.2) is 102 Å². The van der Waals surface area contributed by atoms with Crippen LogP contribution in [0.5, 0.6) is 5.75 Å². The molecule has 1 aliphatic heterocycles. The molecule has 244 valence electrons. The van der Waals surface area contributed by atoms with Crippen molar-refractivity contribution >= 4 is 15.5 Å². The van der Waals surface area contributed by atoms with Gasteiger partial charge in [-0.15, -0.1) is 0 Å². The summed E-state index contributed by atoms with van der Waals surface area (Å²) in [6, 6.07) is 28.0. The predicted octanol–water partition coefficient (Wildman–Crippen LogP) is 7.31. The molecule has 0 bridgehead atoms. The van der Waals surface area contributed by atoms with E-state index in [9.17, 15) is 13.5 Å². The minimum Gasteiger partial charge on any atom is -0.489 e. The van der Waals surface area contributed by atoms with Crippen molar-refractivity contribution in [2.75, 3.05) is 24.7 Å². The van der Waals surface area contributed by atoms with Crippen LogP contribution in [0.25, 0.3) is 0 Å². The van der Waals surface area contributed by atoms with Gasteiger partial charge in [-0.2, -0.15) is 0 Å². The van der Waals surface area contributed by atoms with Gasteiger partial charge >= 0.3 is 0 Å². The number of hydrogen-bond acceptors (Lipinski definition) is 5. The van der Waals surface area contributed by atoms with Gasteiger partial charge in [-0.25, -0.2) is 13.0 Å². The van der Waals surface area contributed by atoms with Crippen LogP contribution in [-0.4, -0.2) is 39.5 Å². The van der Waals surface area contributed by atoms with Crippen LogP contribution >= 0.6 is 0 Å². The van der Waals surface area contributed by atoms with E-state index in [4.69, 9.17) is 4.74 Å². The SMILES string of the molecule is CCCCC1(CCCC)CS(=O)(=O)c2ccc(N(C)C)cc2[C@@H](c2ccc(OCc3ccc(C[n+]4ccccc4)cc3)cc2)C1O. The average Bonchev–Trinajstić information content (AvgIpc) is 3.13. The highest BCUT2D eigenvalue weighted by molar-refractivity contribution is 7.91. The maximum Gasteiger partial charge on any atom is 0.179 e. The Kier molecular flexibility index (Phi) is 10.9. The Labute approximate surface area is 275 Å². The fourth-order valence-electron chi connectivity index (χ4n) is 6.82. The van der Waals surface area contributed by atoms with Crippen molar-refractivity contribution < 1.29 is 22.8 Å². The largest absolute Gasteiger partial charge is 0.489 e. The zero-order valence-corrected chi connectivity index (χ0v) is 28.5. The number of rotatable bonds is 13. The molecule has 1 unspecified atom stereocenters. The van der Waals surface area contributed by atoms with Crippen molar-refractivity contribution in [3.05, 3.63) is 120 Å². The summed E-state index contributed by atoms with van der Waals surface area (Å²) in [5.41, 5.74) is 4.06. The molecule has 1 aliphatic rings. The number of aliphatic hydroxyl groups is 1. The molecule has 2 atom stereocenters. The molecule has 0 saturated carbocycles. The molecule has 0 fully saturated rings. The maximum absolute atomic E-state index is 14.1. The molecule has 0 aliphatic carbocycles. The summed E-state index contributed by atoms with van der Waals surface area (Å²) in [4.78, 5) is 2.32. The predicted molar refractivity (Wildman–Crippen MR) is 185 cm³/mol. The first-order valence-electron chi connectivity index (χ1n) is 16.6. The fraction of sp³-hybridized carbons (Fsp3) is 0.410. The lowest BCUT2D eigenvalue weighted by molar-refractivity contribution is -0.688. The Bertz CT molecular complexity index is 1660. The van der Waals surface area contributed by atoms with Gasteiger partial charge in [0, 0.05) is 48.8 Å². The second-order valence-electron chi connectivity index (χ2n) is 13.1. The molecule has 5 rings (SSSR count). The summed E-state index contributed by atoms with van der Waals surface area (Å²) in [5.74, 6) is 0.217. The smallest absolute Gasteiger partial charge is 0.179 e. The molecule has 7 heteroatoms. The molecule has 2 heterocycles. The maximum atomic E-state index is 14.1. The van der Waals surface area contributed by atoms with Crippen LogP contribution in [0.3, 0.4) is 0 Å². The van der Waals surface area contributed by atoms with Gasteiger partial charge in [-0.1, -0.05) is 82.0 Å². The summed E-state index contributed by atoms with van der Waals surface area (Å²) >= 11 is 0. The monoisotopic (exact) mass is 641 g/mol. The number of aromatic nitrogens is 1. The topological polar surface area (TPSA) is 70.7 Å².